The van der Waals surface area contributed by atoms with Crippen LogP contribution < -0.4 is 0 Å². The molecule has 0 aliphatic carbocycles. The van der Waals surface area contributed by atoms with Gasteiger partial charge in [0.2, 0.25) is 0 Å². The van der Waals surface area contributed by atoms with Crippen molar-refractivity contribution in [2.45, 2.75) is 19.8 Å². The monoisotopic (exact) mass is 182 g/mol. The molecule has 0 atom stereocenters. The maximum atomic E-state index is 13.2. The lowest BCUT2D eigenvalue weighted by molar-refractivity contribution is 0.111. The summed E-state index contributed by atoms with van der Waals surface area (Å²) in [5.41, 5.74) is 0.324. The number of halogens is 1. The zero-order valence-electron chi connectivity index (χ0n) is 7.54. The molecular weight excluding hydrogens is 171 g/mol. The van der Waals surface area contributed by atoms with Crippen LogP contribution in [0.1, 0.15) is 35.7 Å². The summed E-state index contributed by atoms with van der Waals surface area (Å²) in [5, 5.41) is 9.27. The van der Waals surface area contributed by atoms with Gasteiger partial charge in [-0.1, -0.05) is 13.8 Å². The highest BCUT2D eigenvalue weighted by Crippen LogP contribution is 2.27. The predicted molar refractivity (Wildman–Crippen MR) is 47.5 cm³/mol. The molecule has 0 fully saturated rings. The number of phenolic OH excluding ortho intramolecular Hbond substituents is 1. The first-order valence-electron chi connectivity index (χ1n) is 4.04. The number of carbonyl (C=O) groups is 1. The van der Waals surface area contributed by atoms with Crippen LogP contribution in [0.15, 0.2) is 12.1 Å². The number of hydrogen-bond acceptors (Lipinski definition) is 2. The van der Waals surface area contributed by atoms with Crippen LogP contribution in [0.5, 0.6) is 5.75 Å². The Balaban J connectivity index is 3.43. The van der Waals surface area contributed by atoms with Crippen molar-refractivity contribution in [2.75, 3.05) is 0 Å². The van der Waals surface area contributed by atoms with Gasteiger partial charge in [0, 0.05) is 5.56 Å². The Bertz CT molecular complexity index is 332. The highest BCUT2D eigenvalue weighted by molar-refractivity contribution is 5.81. The molecule has 0 heterocycles. The van der Waals surface area contributed by atoms with Crippen molar-refractivity contribution in [1.82, 2.24) is 0 Å². The van der Waals surface area contributed by atoms with Crippen molar-refractivity contribution < 1.29 is 14.3 Å². The molecule has 0 unspecified atom stereocenters. The predicted octanol–water partition coefficient (Wildman–Crippen LogP) is 2.47. The van der Waals surface area contributed by atoms with Gasteiger partial charge in [-0.25, -0.2) is 4.39 Å². The molecule has 0 bridgehead atoms. The number of carbonyl (C=O) groups excluding carboxylic acids is 1. The van der Waals surface area contributed by atoms with E-state index in [0.717, 1.165) is 6.07 Å². The van der Waals surface area contributed by atoms with E-state index in [-0.39, 0.29) is 22.8 Å². The summed E-state index contributed by atoms with van der Waals surface area (Å²) >= 11 is 0. The smallest absolute Gasteiger partial charge is 0.154 e. The minimum Gasteiger partial charge on any atom is -0.507 e. The summed E-state index contributed by atoms with van der Waals surface area (Å²) in [7, 11) is 0. The van der Waals surface area contributed by atoms with Crippen molar-refractivity contribution in [3.05, 3.63) is 29.1 Å². The first-order valence-corrected chi connectivity index (χ1v) is 4.04. The molecule has 0 spiro atoms. The third-order valence-electron chi connectivity index (χ3n) is 1.91. The zero-order chi connectivity index (χ0) is 10.0. The highest BCUT2D eigenvalue weighted by Gasteiger charge is 2.15. The number of hydrogen-bond donors (Lipinski definition) is 1. The number of benzene rings is 1. The Morgan fingerprint density at radius 3 is 2.46 bits per heavy atom. The van der Waals surface area contributed by atoms with Gasteiger partial charge >= 0.3 is 0 Å². The molecule has 1 rings (SSSR count). The van der Waals surface area contributed by atoms with Gasteiger partial charge in [-0.05, 0) is 18.1 Å². The minimum absolute atomic E-state index is 0.0509. The van der Waals surface area contributed by atoms with E-state index in [1.807, 2.05) is 0 Å². The molecular formula is C10H11FO2. The average Bonchev–Trinajstić information content (AvgIpc) is 2.07. The summed E-state index contributed by atoms with van der Waals surface area (Å²) in [6, 6.07) is 2.35. The standard InChI is InChI=1S/C10H11FO2/c1-6(2)10-7(5-12)9(13)4-3-8(10)11/h3-6,13H,1-2H3. The van der Waals surface area contributed by atoms with Gasteiger partial charge in [0.25, 0.3) is 0 Å². The van der Waals surface area contributed by atoms with E-state index in [0.29, 0.717) is 6.29 Å². The molecule has 3 heteroatoms. The van der Waals surface area contributed by atoms with Crippen LogP contribution >= 0.6 is 0 Å². The van der Waals surface area contributed by atoms with Gasteiger partial charge in [0.15, 0.2) is 6.29 Å². The van der Waals surface area contributed by atoms with Crippen LogP contribution in [-0.2, 0) is 0 Å². The minimum atomic E-state index is -0.449. The highest BCUT2D eigenvalue weighted by atomic mass is 19.1. The van der Waals surface area contributed by atoms with E-state index < -0.39 is 5.82 Å². The third-order valence-corrected chi connectivity index (χ3v) is 1.91. The van der Waals surface area contributed by atoms with E-state index in [9.17, 15) is 14.3 Å². The molecule has 0 radical (unpaired) electrons. The number of rotatable bonds is 2. The zero-order valence-corrected chi connectivity index (χ0v) is 7.54. The fourth-order valence-electron chi connectivity index (χ4n) is 1.31. The first-order chi connectivity index (χ1) is 6.07. The third kappa shape index (κ3) is 1.69. The molecule has 13 heavy (non-hydrogen) atoms. The number of phenols is 1. The maximum Gasteiger partial charge on any atom is 0.154 e. The molecule has 0 saturated carbocycles. The van der Waals surface area contributed by atoms with E-state index in [1.165, 1.54) is 6.07 Å². The van der Waals surface area contributed by atoms with Gasteiger partial charge in [0.05, 0.1) is 5.56 Å². The first kappa shape index (κ1) is 9.71. The average molecular weight is 182 g/mol. The summed E-state index contributed by atoms with van der Waals surface area (Å²) in [6.45, 7) is 3.54. The summed E-state index contributed by atoms with van der Waals surface area (Å²) < 4.78 is 13.2. The lowest BCUT2D eigenvalue weighted by atomic mass is 9.96. The molecule has 0 saturated heterocycles. The Kier molecular flexibility index (Phi) is 2.66. The van der Waals surface area contributed by atoms with Crippen LogP contribution in [0, 0.1) is 5.82 Å². The van der Waals surface area contributed by atoms with Crippen LogP contribution in [0.2, 0.25) is 0 Å². The van der Waals surface area contributed by atoms with Gasteiger partial charge in [-0.3, -0.25) is 4.79 Å². The SMILES string of the molecule is CC(C)c1c(F)ccc(O)c1C=O. The lowest BCUT2D eigenvalue weighted by Gasteiger charge is -2.10. The van der Waals surface area contributed by atoms with Crippen molar-refractivity contribution in [2.24, 2.45) is 0 Å². The quantitative estimate of drug-likeness (QED) is 0.713. The second kappa shape index (κ2) is 3.56. The van der Waals surface area contributed by atoms with E-state index in [4.69, 9.17) is 0 Å². The van der Waals surface area contributed by atoms with Gasteiger partial charge in [0.1, 0.15) is 11.6 Å². The fraction of sp³-hybridized carbons (Fsp3) is 0.300. The largest absolute Gasteiger partial charge is 0.507 e. The number of aromatic hydroxyl groups is 1. The van der Waals surface area contributed by atoms with Gasteiger partial charge < -0.3 is 5.11 Å². The van der Waals surface area contributed by atoms with Gasteiger partial charge in [-0.15, -0.1) is 0 Å². The molecule has 0 aromatic heterocycles. The second-order valence-corrected chi connectivity index (χ2v) is 3.17. The molecule has 0 amide bonds. The van der Waals surface area contributed by atoms with Crippen LogP contribution in [0.4, 0.5) is 4.39 Å². The Morgan fingerprint density at radius 1 is 1.46 bits per heavy atom. The van der Waals surface area contributed by atoms with Crippen molar-refractivity contribution in [1.29, 1.82) is 0 Å². The van der Waals surface area contributed by atoms with Crippen molar-refractivity contribution in [3.8, 4) is 5.75 Å². The summed E-state index contributed by atoms with van der Waals surface area (Å²) in [4.78, 5) is 10.6. The van der Waals surface area contributed by atoms with Crippen molar-refractivity contribution >= 4 is 6.29 Å². The number of aldehydes is 1. The molecule has 0 aliphatic heterocycles. The molecule has 1 aromatic rings. The lowest BCUT2D eigenvalue weighted by Crippen LogP contribution is -1.99. The summed E-state index contributed by atoms with van der Waals surface area (Å²) in [5.74, 6) is -0.734. The molecule has 1 aromatic carbocycles. The molecule has 70 valence electrons. The molecule has 0 aliphatic rings. The second-order valence-electron chi connectivity index (χ2n) is 3.17. The van der Waals surface area contributed by atoms with Crippen LogP contribution in [0.25, 0.3) is 0 Å². The molecule has 2 nitrogen and oxygen atoms in total. The van der Waals surface area contributed by atoms with Gasteiger partial charge in [-0.2, -0.15) is 0 Å². The van der Waals surface area contributed by atoms with Crippen LogP contribution in [-0.4, -0.2) is 11.4 Å². The normalized spacial score (nSPS) is 10.5. The van der Waals surface area contributed by atoms with E-state index in [1.54, 1.807) is 13.8 Å². The fourth-order valence-corrected chi connectivity index (χ4v) is 1.31. The van der Waals surface area contributed by atoms with E-state index in [2.05, 4.69) is 0 Å². The van der Waals surface area contributed by atoms with E-state index >= 15 is 0 Å². The van der Waals surface area contributed by atoms with Crippen molar-refractivity contribution in [3.63, 3.8) is 0 Å². The summed E-state index contributed by atoms with van der Waals surface area (Å²) in [6.07, 6.45) is 0.480. The Morgan fingerprint density at radius 2 is 2.08 bits per heavy atom. The van der Waals surface area contributed by atoms with Crippen LogP contribution in [0.3, 0.4) is 0 Å². The maximum absolute atomic E-state index is 13.2. The Labute approximate surface area is 76.0 Å². The Hall–Kier alpha value is -1.38. The topological polar surface area (TPSA) is 37.3 Å². The molecule has 1 N–H and O–H groups in total.